The molecule has 0 fully saturated rings. The third kappa shape index (κ3) is 5.60. The molecule has 0 aromatic heterocycles. The van der Waals surface area contributed by atoms with Gasteiger partial charge in [-0.1, -0.05) is 0 Å². The number of hydrogen-bond donors (Lipinski definition) is 0. The van der Waals surface area contributed by atoms with E-state index in [1.165, 1.54) is 0 Å². The molecule has 3 nitrogen and oxygen atoms in total. The first kappa shape index (κ1) is 16.5. The average molecular weight is 319 g/mol. The van der Waals surface area contributed by atoms with Crippen LogP contribution in [-0.2, 0) is 11.2 Å². The van der Waals surface area contributed by atoms with E-state index in [0.29, 0.717) is 0 Å². The van der Waals surface area contributed by atoms with Crippen LogP contribution in [0.15, 0.2) is 18.2 Å². The van der Waals surface area contributed by atoms with E-state index in [-0.39, 0.29) is 11.3 Å². The normalized spacial score (nSPS) is 11.6. The van der Waals surface area contributed by atoms with Crippen molar-refractivity contribution in [2.24, 2.45) is 0 Å². The molecule has 0 amide bonds. The van der Waals surface area contributed by atoms with Crippen LogP contribution in [-0.4, -0.2) is 24.6 Å². The predicted molar refractivity (Wildman–Crippen MR) is 59.2 cm³/mol. The van der Waals surface area contributed by atoms with Gasteiger partial charge in [-0.25, -0.2) is 0 Å². The van der Waals surface area contributed by atoms with Crippen molar-refractivity contribution < 1.29 is 36.2 Å². The standard InChI is InChI=1S/C11H8ClF5O3/c12-5-7(18)3-6-4-8(19-10(13)14)1-2-9(6)20-11(15,16)17/h1-2,4,10H,3,5H2. The van der Waals surface area contributed by atoms with Crippen molar-refractivity contribution in [3.63, 3.8) is 0 Å². The van der Waals surface area contributed by atoms with Crippen molar-refractivity contribution in [1.29, 1.82) is 0 Å². The molecule has 9 heteroatoms. The molecule has 0 bridgehead atoms. The molecule has 0 aliphatic heterocycles. The number of carbonyl (C=O) groups is 1. The second-order valence-corrected chi connectivity index (χ2v) is 3.81. The van der Waals surface area contributed by atoms with Crippen molar-refractivity contribution in [2.75, 3.05) is 5.88 Å². The van der Waals surface area contributed by atoms with Crippen LogP contribution in [0.25, 0.3) is 0 Å². The second-order valence-electron chi connectivity index (χ2n) is 3.54. The van der Waals surface area contributed by atoms with Gasteiger partial charge in [0.1, 0.15) is 11.5 Å². The molecular formula is C11H8ClF5O3. The maximum Gasteiger partial charge on any atom is 0.573 e. The Morgan fingerprint density at radius 1 is 1.30 bits per heavy atom. The molecule has 0 saturated heterocycles. The van der Waals surface area contributed by atoms with E-state index in [2.05, 4.69) is 9.47 Å². The summed E-state index contributed by atoms with van der Waals surface area (Å²) < 4.78 is 68.3. The van der Waals surface area contributed by atoms with Gasteiger partial charge in [-0.2, -0.15) is 8.78 Å². The summed E-state index contributed by atoms with van der Waals surface area (Å²) in [6, 6.07) is 2.54. The molecule has 0 atom stereocenters. The summed E-state index contributed by atoms with van der Waals surface area (Å²) in [4.78, 5) is 11.2. The summed E-state index contributed by atoms with van der Waals surface area (Å²) in [7, 11) is 0. The lowest BCUT2D eigenvalue weighted by Crippen LogP contribution is -2.19. The summed E-state index contributed by atoms with van der Waals surface area (Å²) in [5.74, 6) is -2.07. The maximum atomic E-state index is 12.2. The molecule has 1 aromatic carbocycles. The number of ether oxygens (including phenoxy) is 2. The molecule has 0 unspecified atom stereocenters. The van der Waals surface area contributed by atoms with E-state index in [4.69, 9.17) is 11.6 Å². The summed E-state index contributed by atoms with van der Waals surface area (Å²) >= 11 is 5.25. The van der Waals surface area contributed by atoms with E-state index in [0.717, 1.165) is 18.2 Å². The Morgan fingerprint density at radius 3 is 2.45 bits per heavy atom. The Balaban J connectivity index is 3.05. The minimum atomic E-state index is -4.97. The van der Waals surface area contributed by atoms with E-state index in [9.17, 15) is 26.7 Å². The summed E-state index contributed by atoms with van der Waals surface area (Å²) in [6.07, 6.45) is -5.46. The molecular weight excluding hydrogens is 311 g/mol. The molecule has 0 saturated carbocycles. The molecule has 0 N–H and O–H groups in total. The molecule has 1 aromatic rings. The second kappa shape index (κ2) is 6.74. The van der Waals surface area contributed by atoms with Gasteiger partial charge < -0.3 is 9.47 Å². The number of alkyl halides is 6. The van der Waals surface area contributed by atoms with Crippen LogP contribution in [0.4, 0.5) is 22.0 Å². The Hall–Kier alpha value is -1.57. The fourth-order valence-corrected chi connectivity index (χ4v) is 1.45. The Bertz CT molecular complexity index is 476. The van der Waals surface area contributed by atoms with Crippen LogP contribution in [0, 0.1) is 0 Å². The van der Waals surface area contributed by atoms with Crippen LogP contribution in [0.1, 0.15) is 5.56 Å². The minimum Gasteiger partial charge on any atom is -0.435 e. The largest absolute Gasteiger partial charge is 0.573 e. The lowest BCUT2D eigenvalue weighted by Gasteiger charge is -2.14. The molecule has 0 heterocycles. The molecule has 1 rings (SSSR count). The first-order valence-electron chi connectivity index (χ1n) is 5.12. The van der Waals surface area contributed by atoms with Gasteiger partial charge in [-0.15, -0.1) is 24.8 Å². The SMILES string of the molecule is O=C(CCl)Cc1cc(OC(F)F)ccc1OC(F)(F)F. The number of rotatable bonds is 6. The van der Waals surface area contributed by atoms with E-state index in [1.807, 2.05) is 0 Å². The van der Waals surface area contributed by atoms with Crippen LogP contribution in [0.5, 0.6) is 11.5 Å². The Labute approximate surface area is 115 Å². The third-order valence-corrected chi connectivity index (χ3v) is 2.32. The van der Waals surface area contributed by atoms with Gasteiger partial charge in [0.2, 0.25) is 0 Å². The fraction of sp³-hybridized carbons (Fsp3) is 0.364. The quantitative estimate of drug-likeness (QED) is 0.594. The topological polar surface area (TPSA) is 35.5 Å². The maximum absolute atomic E-state index is 12.2. The van der Waals surface area contributed by atoms with Crippen LogP contribution < -0.4 is 9.47 Å². The van der Waals surface area contributed by atoms with E-state index in [1.54, 1.807) is 0 Å². The molecule has 20 heavy (non-hydrogen) atoms. The molecule has 112 valence electrons. The number of carbonyl (C=O) groups excluding carboxylic acids is 1. The first-order valence-corrected chi connectivity index (χ1v) is 5.66. The van der Waals surface area contributed by atoms with Gasteiger partial charge in [0.05, 0.1) is 5.88 Å². The van der Waals surface area contributed by atoms with Crippen LogP contribution in [0.2, 0.25) is 0 Å². The highest BCUT2D eigenvalue weighted by atomic mass is 35.5. The lowest BCUT2D eigenvalue weighted by molar-refractivity contribution is -0.274. The highest BCUT2D eigenvalue weighted by molar-refractivity contribution is 6.27. The van der Waals surface area contributed by atoms with Gasteiger partial charge in [0.25, 0.3) is 0 Å². The molecule has 0 radical (unpaired) electrons. The summed E-state index contributed by atoms with van der Waals surface area (Å²) in [5.41, 5.74) is -0.244. The van der Waals surface area contributed by atoms with E-state index < -0.39 is 36.8 Å². The predicted octanol–water partition coefficient (Wildman–Crippen LogP) is 3.54. The lowest BCUT2D eigenvalue weighted by atomic mass is 10.1. The van der Waals surface area contributed by atoms with Crippen molar-refractivity contribution >= 4 is 17.4 Å². The first-order chi connectivity index (χ1) is 9.21. The zero-order chi connectivity index (χ0) is 15.3. The smallest absolute Gasteiger partial charge is 0.435 e. The highest BCUT2D eigenvalue weighted by Crippen LogP contribution is 2.30. The van der Waals surface area contributed by atoms with Crippen molar-refractivity contribution in [3.05, 3.63) is 23.8 Å². The van der Waals surface area contributed by atoms with Gasteiger partial charge in [0, 0.05) is 12.0 Å². The highest BCUT2D eigenvalue weighted by Gasteiger charge is 2.32. The van der Waals surface area contributed by atoms with Gasteiger partial charge >= 0.3 is 13.0 Å². The number of halogens is 6. The number of benzene rings is 1. The summed E-state index contributed by atoms with van der Waals surface area (Å²) in [5, 5.41) is 0. The molecule has 0 aliphatic carbocycles. The Kier molecular flexibility index (Phi) is 5.55. The van der Waals surface area contributed by atoms with Crippen molar-refractivity contribution in [3.8, 4) is 11.5 Å². The van der Waals surface area contributed by atoms with Crippen molar-refractivity contribution in [1.82, 2.24) is 0 Å². The fourth-order valence-electron chi connectivity index (χ4n) is 1.35. The van der Waals surface area contributed by atoms with Crippen molar-refractivity contribution in [2.45, 2.75) is 19.4 Å². The van der Waals surface area contributed by atoms with Gasteiger partial charge in [-0.05, 0) is 18.2 Å². The number of Topliss-reactive ketones (excluding diaryl/α,β-unsaturated/α-hetero) is 1. The molecule has 0 aliphatic rings. The van der Waals surface area contributed by atoms with Crippen LogP contribution >= 0.6 is 11.6 Å². The Morgan fingerprint density at radius 2 is 1.95 bits per heavy atom. The monoisotopic (exact) mass is 318 g/mol. The average Bonchev–Trinajstić information content (AvgIpc) is 2.30. The number of hydrogen-bond acceptors (Lipinski definition) is 3. The van der Waals surface area contributed by atoms with Crippen LogP contribution in [0.3, 0.4) is 0 Å². The summed E-state index contributed by atoms with van der Waals surface area (Å²) in [6.45, 7) is -3.14. The third-order valence-electron chi connectivity index (χ3n) is 2.02. The van der Waals surface area contributed by atoms with Gasteiger partial charge in [-0.3, -0.25) is 4.79 Å². The number of ketones is 1. The zero-order valence-electron chi connectivity index (χ0n) is 9.72. The van der Waals surface area contributed by atoms with Gasteiger partial charge in [0.15, 0.2) is 5.78 Å². The van der Waals surface area contributed by atoms with E-state index >= 15 is 0 Å². The minimum absolute atomic E-state index is 0.244. The molecule has 0 spiro atoms. The zero-order valence-corrected chi connectivity index (χ0v) is 10.5.